The summed E-state index contributed by atoms with van der Waals surface area (Å²) < 4.78 is 24.6. The van der Waals surface area contributed by atoms with Crippen LogP contribution in [0, 0.1) is 5.41 Å². The minimum absolute atomic E-state index is 0.0746. The lowest BCUT2D eigenvalue weighted by atomic mass is 9.67. The Hall–Kier alpha value is -0.620. The molecule has 1 unspecified atom stereocenters. The van der Waals surface area contributed by atoms with Crippen LogP contribution in [-0.4, -0.2) is 42.6 Å². The lowest BCUT2D eigenvalue weighted by Crippen LogP contribution is -2.38. The number of nitrogens with zero attached hydrogens (tertiary/aromatic N) is 1. The zero-order valence-electron chi connectivity index (χ0n) is 9.35. The van der Waals surface area contributed by atoms with Crippen molar-refractivity contribution in [3.63, 3.8) is 0 Å². The molecule has 1 saturated heterocycles. The number of sulfonamides is 1. The van der Waals surface area contributed by atoms with Gasteiger partial charge in [0.25, 0.3) is 0 Å². The first-order valence-electron chi connectivity index (χ1n) is 5.51. The molecule has 16 heavy (non-hydrogen) atoms. The summed E-state index contributed by atoms with van der Waals surface area (Å²) in [6, 6.07) is -0.340. The van der Waals surface area contributed by atoms with E-state index in [0.29, 0.717) is 13.0 Å². The van der Waals surface area contributed by atoms with Crippen molar-refractivity contribution >= 4 is 16.0 Å². The Morgan fingerprint density at radius 1 is 1.50 bits per heavy atom. The van der Waals surface area contributed by atoms with Gasteiger partial charge in [0.15, 0.2) is 0 Å². The van der Waals surface area contributed by atoms with E-state index < -0.39 is 16.0 Å². The van der Waals surface area contributed by atoms with E-state index in [-0.39, 0.29) is 17.9 Å². The third-order valence-electron chi connectivity index (χ3n) is 3.82. The largest absolute Gasteiger partial charge is 0.481 e. The summed E-state index contributed by atoms with van der Waals surface area (Å²) in [7, 11) is -3.27. The van der Waals surface area contributed by atoms with Crippen LogP contribution in [0.15, 0.2) is 0 Å². The van der Waals surface area contributed by atoms with E-state index in [0.717, 1.165) is 19.3 Å². The summed E-state index contributed by atoms with van der Waals surface area (Å²) in [6.45, 7) is 0.518. The van der Waals surface area contributed by atoms with Crippen LogP contribution in [0.1, 0.15) is 32.1 Å². The molecule has 1 aliphatic carbocycles. The molecule has 0 aromatic heterocycles. The van der Waals surface area contributed by atoms with E-state index >= 15 is 0 Å². The highest BCUT2D eigenvalue weighted by molar-refractivity contribution is 7.88. The van der Waals surface area contributed by atoms with Crippen LogP contribution in [0.25, 0.3) is 0 Å². The quantitative estimate of drug-likeness (QED) is 0.795. The Balaban J connectivity index is 2.17. The van der Waals surface area contributed by atoms with Gasteiger partial charge in [-0.2, -0.15) is 4.31 Å². The van der Waals surface area contributed by atoms with Crippen LogP contribution in [0.2, 0.25) is 0 Å². The molecule has 0 bridgehead atoms. The lowest BCUT2D eigenvalue weighted by Gasteiger charge is -2.37. The molecule has 1 N–H and O–H groups in total. The van der Waals surface area contributed by atoms with E-state index in [1.807, 2.05) is 0 Å². The molecule has 0 aromatic carbocycles. The van der Waals surface area contributed by atoms with Gasteiger partial charge in [-0.25, -0.2) is 8.42 Å². The number of aliphatic carboxylic acids is 1. The Morgan fingerprint density at radius 3 is 2.50 bits per heavy atom. The summed E-state index contributed by atoms with van der Waals surface area (Å²) in [5.74, 6) is -0.921. The minimum Gasteiger partial charge on any atom is -0.481 e. The molecule has 0 radical (unpaired) electrons. The zero-order valence-corrected chi connectivity index (χ0v) is 10.2. The van der Waals surface area contributed by atoms with Crippen molar-refractivity contribution in [2.75, 3.05) is 12.8 Å². The first-order chi connectivity index (χ1) is 7.32. The van der Waals surface area contributed by atoms with E-state index in [9.17, 15) is 13.2 Å². The summed E-state index contributed by atoms with van der Waals surface area (Å²) in [4.78, 5) is 10.7. The average Bonchev–Trinajstić information content (AvgIpc) is 2.41. The molecule has 2 rings (SSSR count). The molecule has 0 amide bonds. The maximum Gasteiger partial charge on any atom is 0.304 e. The van der Waals surface area contributed by atoms with Gasteiger partial charge in [0.1, 0.15) is 0 Å². The Morgan fingerprint density at radius 2 is 2.12 bits per heavy atom. The van der Waals surface area contributed by atoms with Gasteiger partial charge < -0.3 is 5.11 Å². The van der Waals surface area contributed by atoms with Gasteiger partial charge in [-0.05, 0) is 24.7 Å². The Kier molecular flexibility index (Phi) is 2.74. The van der Waals surface area contributed by atoms with E-state index in [4.69, 9.17) is 5.11 Å². The van der Waals surface area contributed by atoms with Crippen LogP contribution in [0.5, 0.6) is 0 Å². The predicted octanol–water partition coefficient (Wildman–Crippen LogP) is 0.665. The van der Waals surface area contributed by atoms with Crippen molar-refractivity contribution in [1.29, 1.82) is 0 Å². The maximum absolute atomic E-state index is 11.6. The molecule has 1 spiro atoms. The second-order valence-corrected chi connectivity index (χ2v) is 7.05. The van der Waals surface area contributed by atoms with E-state index in [2.05, 4.69) is 0 Å². The van der Waals surface area contributed by atoms with Crippen molar-refractivity contribution in [2.24, 2.45) is 5.41 Å². The van der Waals surface area contributed by atoms with Crippen molar-refractivity contribution in [3.8, 4) is 0 Å². The van der Waals surface area contributed by atoms with Crippen molar-refractivity contribution in [1.82, 2.24) is 4.31 Å². The van der Waals surface area contributed by atoms with Gasteiger partial charge in [-0.15, -0.1) is 0 Å². The topological polar surface area (TPSA) is 74.7 Å². The van der Waals surface area contributed by atoms with Gasteiger partial charge in [-0.1, -0.05) is 6.42 Å². The highest BCUT2D eigenvalue weighted by Crippen LogP contribution is 2.51. The second kappa shape index (κ2) is 3.70. The zero-order chi connectivity index (χ0) is 12.0. The van der Waals surface area contributed by atoms with Gasteiger partial charge in [0, 0.05) is 12.6 Å². The van der Waals surface area contributed by atoms with E-state index in [1.54, 1.807) is 0 Å². The number of rotatable bonds is 3. The molecule has 1 aliphatic heterocycles. The smallest absolute Gasteiger partial charge is 0.304 e. The third-order valence-corrected chi connectivity index (χ3v) is 5.10. The molecule has 1 atom stereocenters. The first-order valence-corrected chi connectivity index (χ1v) is 7.36. The number of carboxylic acid groups (broad SMARTS) is 1. The van der Waals surface area contributed by atoms with Gasteiger partial charge in [-0.3, -0.25) is 4.79 Å². The van der Waals surface area contributed by atoms with Crippen molar-refractivity contribution < 1.29 is 18.3 Å². The standard InChI is InChI=1S/C10H17NO4S/c1-16(14,15)11-7-10(3-2-4-10)6-8(11)5-9(12)13/h8H,2-7H2,1H3,(H,12,13). The fourth-order valence-corrected chi connectivity index (χ4v) is 4.13. The molecular weight excluding hydrogens is 230 g/mol. The lowest BCUT2D eigenvalue weighted by molar-refractivity contribution is -0.137. The molecule has 2 aliphatic rings. The van der Waals surface area contributed by atoms with Gasteiger partial charge in [0.05, 0.1) is 12.7 Å². The number of hydrogen-bond acceptors (Lipinski definition) is 3. The molecule has 1 saturated carbocycles. The van der Waals surface area contributed by atoms with Gasteiger partial charge in [0.2, 0.25) is 10.0 Å². The molecular formula is C10H17NO4S. The average molecular weight is 247 g/mol. The normalized spacial score (nSPS) is 29.2. The van der Waals surface area contributed by atoms with Crippen LogP contribution in [0.4, 0.5) is 0 Å². The molecule has 1 heterocycles. The Labute approximate surface area is 95.5 Å². The number of carboxylic acids is 1. The second-order valence-electron chi connectivity index (χ2n) is 5.12. The molecule has 2 fully saturated rings. The summed E-state index contributed by atoms with van der Waals surface area (Å²) in [5.41, 5.74) is 0.0865. The summed E-state index contributed by atoms with van der Waals surface area (Å²) in [5, 5.41) is 8.80. The third kappa shape index (κ3) is 2.08. The number of hydrogen-bond donors (Lipinski definition) is 1. The fourth-order valence-electron chi connectivity index (χ4n) is 2.93. The molecule has 0 aromatic rings. The van der Waals surface area contributed by atoms with Crippen LogP contribution >= 0.6 is 0 Å². The minimum atomic E-state index is -3.27. The summed E-state index contributed by atoms with van der Waals surface area (Å²) >= 11 is 0. The molecule has 5 nitrogen and oxygen atoms in total. The number of carbonyl (C=O) groups is 1. The van der Waals surface area contributed by atoms with Crippen LogP contribution in [0.3, 0.4) is 0 Å². The highest BCUT2D eigenvalue weighted by Gasteiger charge is 2.50. The monoisotopic (exact) mass is 247 g/mol. The van der Waals surface area contributed by atoms with E-state index in [1.165, 1.54) is 10.6 Å². The molecule has 6 heteroatoms. The van der Waals surface area contributed by atoms with Gasteiger partial charge >= 0.3 is 5.97 Å². The van der Waals surface area contributed by atoms with Crippen molar-refractivity contribution in [2.45, 2.75) is 38.1 Å². The summed E-state index contributed by atoms with van der Waals surface area (Å²) in [6.07, 6.45) is 5.02. The highest BCUT2D eigenvalue weighted by atomic mass is 32.2. The first kappa shape index (κ1) is 11.9. The van der Waals surface area contributed by atoms with Crippen molar-refractivity contribution in [3.05, 3.63) is 0 Å². The predicted molar refractivity (Wildman–Crippen MR) is 58.5 cm³/mol. The van der Waals surface area contributed by atoms with Crippen LogP contribution < -0.4 is 0 Å². The maximum atomic E-state index is 11.6. The SMILES string of the molecule is CS(=O)(=O)N1CC2(CCC2)CC1CC(=O)O. The Bertz CT molecular complexity index is 399. The molecule has 92 valence electrons. The van der Waals surface area contributed by atoms with Crippen LogP contribution in [-0.2, 0) is 14.8 Å². The fraction of sp³-hybridized carbons (Fsp3) is 0.900.